The molecule has 0 saturated carbocycles. The first kappa shape index (κ1) is 12.6. The summed E-state index contributed by atoms with van der Waals surface area (Å²) < 4.78 is 0. The molecule has 0 unspecified atom stereocenters. The Morgan fingerprint density at radius 2 is 1.70 bits per heavy atom. The molecule has 3 nitrogen and oxygen atoms in total. The number of carbonyl (C=O) groups excluding carboxylic acids is 2. The third kappa shape index (κ3) is 1.92. The van der Waals surface area contributed by atoms with Crippen molar-refractivity contribution in [1.29, 1.82) is 0 Å². The number of aryl methyl sites for hydroxylation is 1. The lowest BCUT2D eigenvalue weighted by atomic mass is 9.97. The molecule has 0 aromatic heterocycles. The number of benzene rings is 2. The fraction of sp³-hybridized carbons (Fsp3) is 0.176. The maximum Gasteiger partial charge on any atom is 0.265 e. The van der Waals surface area contributed by atoms with Gasteiger partial charge in [0.2, 0.25) is 5.91 Å². The van der Waals surface area contributed by atoms with Crippen LogP contribution in [0.2, 0.25) is 0 Å². The monoisotopic (exact) mass is 265 g/mol. The summed E-state index contributed by atoms with van der Waals surface area (Å²) in [5.41, 5.74) is 3.15. The van der Waals surface area contributed by atoms with E-state index in [9.17, 15) is 9.59 Å². The largest absolute Gasteiger partial charge is 0.274 e. The van der Waals surface area contributed by atoms with Crippen molar-refractivity contribution in [1.82, 2.24) is 0 Å². The van der Waals surface area contributed by atoms with E-state index >= 15 is 0 Å². The lowest BCUT2D eigenvalue weighted by Gasteiger charge is -2.28. The molecule has 0 radical (unpaired) electrons. The fourth-order valence-corrected chi connectivity index (χ4v) is 2.63. The Kier molecular flexibility index (Phi) is 3.11. The van der Waals surface area contributed by atoms with Gasteiger partial charge in [-0.2, -0.15) is 0 Å². The molecule has 2 aromatic rings. The molecule has 20 heavy (non-hydrogen) atoms. The van der Waals surface area contributed by atoms with Gasteiger partial charge in [0.25, 0.3) is 5.91 Å². The number of amides is 2. The van der Waals surface area contributed by atoms with Gasteiger partial charge in [0.1, 0.15) is 0 Å². The van der Waals surface area contributed by atoms with Crippen LogP contribution in [0.5, 0.6) is 0 Å². The van der Waals surface area contributed by atoms with Crippen LogP contribution in [0.3, 0.4) is 0 Å². The summed E-state index contributed by atoms with van der Waals surface area (Å²) in [5.74, 6) is -0.382. The van der Waals surface area contributed by atoms with Crippen molar-refractivity contribution in [2.45, 2.75) is 19.8 Å². The maximum atomic E-state index is 12.6. The van der Waals surface area contributed by atoms with Crippen LogP contribution in [0.25, 0.3) is 0 Å². The average Bonchev–Trinajstić information content (AvgIpc) is 2.48. The molecule has 100 valence electrons. The highest BCUT2D eigenvalue weighted by atomic mass is 16.2. The first-order chi connectivity index (χ1) is 9.72. The minimum atomic E-state index is -0.224. The summed E-state index contributed by atoms with van der Waals surface area (Å²) in [6.07, 6.45) is 1.06. The van der Waals surface area contributed by atoms with Gasteiger partial charge in [-0.15, -0.1) is 0 Å². The first-order valence-corrected chi connectivity index (χ1v) is 6.75. The normalized spacial score (nSPS) is 14.3. The van der Waals surface area contributed by atoms with Crippen LogP contribution in [0.15, 0.2) is 48.5 Å². The van der Waals surface area contributed by atoms with Crippen molar-refractivity contribution < 1.29 is 9.59 Å². The summed E-state index contributed by atoms with van der Waals surface area (Å²) in [4.78, 5) is 26.3. The first-order valence-electron chi connectivity index (χ1n) is 6.75. The van der Waals surface area contributed by atoms with Crippen LogP contribution in [0, 0.1) is 0 Å². The molecular weight excluding hydrogens is 250 g/mol. The van der Waals surface area contributed by atoms with Crippen LogP contribution < -0.4 is 4.90 Å². The number of hydrogen-bond acceptors (Lipinski definition) is 2. The molecular formula is C17H15NO2. The zero-order chi connectivity index (χ0) is 14.1. The molecule has 0 spiro atoms. The molecule has 1 aliphatic heterocycles. The molecule has 0 bridgehead atoms. The second kappa shape index (κ2) is 4.93. The molecule has 2 aromatic carbocycles. The molecule has 0 aliphatic carbocycles. The lowest BCUT2D eigenvalue weighted by Crippen LogP contribution is -2.42. The summed E-state index contributed by atoms with van der Waals surface area (Å²) in [6, 6.07) is 14.9. The standard InChI is InChI=1S/C17H15NO2/c1-2-12-7-4-6-10-15(12)18-16(19)11-13-8-3-5-9-14(13)17(18)20/h3-10H,2,11H2,1H3. The zero-order valence-corrected chi connectivity index (χ0v) is 11.3. The zero-order valence-electron chi connectivity index (χ0n) is 11.3. The van der Waals surface area contributed by atoms with Crippen LogP contribution in [-0.4, -0.2) is 11.8 Å². The third-order valence-electron chi connectivity index (χ3n) is 3.66. The van der Waals surface area contributed by atoms with Crippen molar-refractivity contribution in [2.24, 2.45) is 0 Å². The second-order valence-corrected chi connectivity index (χ2v) is 4.85. The summed E-state index contributed by atoms with van der Waals surface area (Å²) >= 11 is 0. The Morgan fingerprint density at radius 3 is 2.50 bits per heavy atom. The summed E-state index contributed by atoms with van der Waals surface area (Å²) in [6.45, 7) is 2.02. The van der Waals surface area contributed by atoms with Gasteiger partial charge in [0.15, 0.2) is 0 Å². The van der Waals surface area contributed by atoms with E-state index < -0.39 is 0 Å². The van der Waals surface area contributed by atoms with E-state index in [4.69, 9.17) is 0 Å². The minimum Gasteiger partial charge on any atom is -0.274 e. The number of anilines is 1. The number of rotatable bonds is 2. The predicted molar refractivity (Wildman–Crippen MR) is 77.8 cm³/mol. The highest BCUT2D eigenvalue weighted by molar-refractivity contribution is 6.24. The molecule has 0 N–H and O–H groups in total. The van der Waals surface area contributed by atoms with Crippen LogP contribution in [0.4, 0.5) is 5.69 Å². The van der Waals surface area contributed by atoms with E-state index in [-0.39, 0.29) is 18.2 Å². The molecule has 0 fully saturated rings. The molecule has 0 saturated heterocycles. The van der Waals surface area contributed by atoms with Crippen LogP contribution in [0.1, 0.15) is 28.4 Å². The summed E-state index contributed by atoms with van der Waals surface area (Å²) in [7, 11) is 0. The molecule has 1 heterocycles. The Labute approximate surface area is 117 Å². The highest BCUT2D eigenvalue weighted by Gasteiger charge is 2.32. The predicted octanol–water partition coefficient (Wildman–Crippen LogP) is 2.98. The van der Waals surface area contributed by atoms with E-state index in [0.717, 1.165) is 17.5 Å². The number of nitrogens with zero attached hydrogens (tertiary/aromatic N) is 1. The maximum absolute atomic E-state index is 12.6. The van der Waals surface area contributed by atoms with Crippen molar-refractivity contribution in [2.75, 3.05) is 4.90 Å². The van der Waals surface area contributed by atoms with Gasteiger partial charge in [-0.05, 0) is 29.7 Å². The van der Waals surface area contributed by atoms with E-state index in [1.165, 1.54) is 4.90 Å². The lowest BCUT2D eigenvalue weighted by molar-refractivity contribution is -0.117. The minimum absolute atomic E-state index is 0.158. The Morgan fingerprint density at radius 1 is 1.00 bits per heavy atom. The topological polar surface area (TPSA) is 37.4 Å². The van der Waals surface area contributed by atoms with Crippen LogP contribution >= 0.6 is 0 Å². The van der Waals surface area contributed by atoms with E-state index in [2.05, 4.69) is 0 Å². The van der Waals surface area contributed by atoms with Crippen molar-refractivity contribution in [3.8, 4) is 0 Å². The molecule has 3 heteroatoms. The van der Waals surface area contributed by atoms with Gasteiger partial charge in [-0.3, -0.25) is 9.59 Å². The number of imide groups is 1. The molecule has 3 rings (SSSR count). The van der Waals surface area contributed by atoms with Crippen molar-refractivity contribution in [3.05, 3.63) is 65.2 Å². The Bertz CT molecular complexity index is 691. The van der Waals surface area contributed by atoms with Crippen LogP contribution in [-0.2, 0) is 17.6 Å². The van der Waals surface area contributed by atoms with Gasteiger partial charge < -0.3 is 0 Å². The molecule has 2 amide bonds. The quantitative estimate of drug-likeness (QED) is 0.783. The highest BCUT2D eigenvalue weighted by Crippen LogP contribution is 2.28. The molecule has 1 aliphatic rings. The number of fused-ring (bicyclic) bond motifs is 1. The third-order valence-corrected chi connectivity index (χ3v) is 3.66. The second-order valence-electron chi connectivity index (χ2n) is 4.85. The van der Waals surface area contributed by atoms with E-state index in [1.807, 2.05) is 49.4 Å². The van der Waals surface area contributed by atoms with Crippen molar-refractivity contribution >= 4 is 17.5 Å². The summed E-state index contributed by atoms with van der Waals surface area (Å²) in [5, 5.41) is 0. The average molecular weight is 265 g/mol. The van der Waals surface area contributed by atoms with Gasteiger partial charge in [0.05, 0.1) is 12.1 Å². The van der Waals surface area contributed by atoms with Crippen molar-refractivity contribution in [3.63, 3.8) is 0 Å². The number of hydrogen-bond donors (Lipinski definition) is 0. The number of carbonyl (C=O) groups is 2. The van der Waals surface area contributed by atoms with Gasteiger partial charge in [-0.25, -0.2) is 4.90 Å². The Balaban J connectivity index is 2.11. The van der Waals surface area contributed by atoms with E-state index in [1.54, 1.807) is 6.07 Å². The van der Waals surface area contributed by atoms with Gasteiger partial charge in [0, 0.05) is 5.56 Å². The molecule has 0 atom stereocenters. The van der Waals surface area contributed by atoms with Gasteiger partial charge in [-0.1, -0.05) is 43.3 Å². The van der Waals surface area contributed by atoms with Gasteiger partial charge >= 0.3 is 0 Å². The fourth-order valence-electron chi connectivity index (χ4n) is 2.63. The smallest absolute Gasteiger partial charge is 0.265 e. The number of para-hydroxylation sites is 1. The van der Waals surface area contributed by atoms with E-state index in [0.29, 0.717) is 11.3 Å². The Hall–Kier alpha value is -2.42. The SMILES string of the molecule is CCc1ccccc1N1C(=O)Cc2ccccc2C1=O.